The van der Waals surface area contributed by atoms with Gasteiger partial charge in [-0.3, -0.25) is 10.1 Å². The van der Waals surface area contributed by atoms with Gasteiger partial charge < -0.3 is 4.74 Å². The molecule has 2 atom stereocenters. The van der Waals surface area contributed by atoms with Crippen LogP contribution in [0.25, 0.3) is 6.08 Å². The molecule has 2 aromatic rings. The summed E-state index contributed by atoms with van der Waals surface area (Å²) in [6, 6.07) is 15.5. The molecule has 0 radical (unpaired) electrons. The normalized spacial score (nSPS) is 20.7. The Bertz CT molecular complexity index is 888. The second-order valence-corrected chi connectivity index (χ2v) is 6.32. The van der Waals surface area contributed by atoms with E-state index >= 15 is 0 Å². The zero-order valence-corrected chi connectivity index (χ0v) is 14.5. The highest BCUT2D eigenvalue weighted by molar-refractivity contribution is 6.08. The summed E-state index contributed by atoms with van der Waals surface area (Å²) in [6.45, 7) is 3.64. The summed E-state index contributed by atoms with van der Waals surface area (Å²) in [5, 5.41) is 10.7. The third kappa shape index (κ3) is 3.39. The maximum absolute atomic E-state index is 12.4. The molecule has 1 heterocycles. The minimum absolute atomic E-state index is 0.0404. The van der Waals surface area contributed by atoms with E-state index in [1.165, 1.54) is 12.1 Å². The fourth-order valence-corrected chi connectivity index (χ4v) is 2.61. The topological polar surface area (TPSA) is 81.8 Å². The average molecular weight is 350 g/mol. The maximum Gasteiger partial charge on any atom is 0.341 e. The van der Waals surface area contributed by atoms with Gasteiger partial charge in [0.15, 0.2) is 5.54 Å². The Kier molecular flexibility index (Phi) is 4.67. The predicted octanol–water partition coefficient (Wildman–Crippen LogP) is 4.01. The van der Waals surface area contributed by atoms with Crippen LogP contribution in [-0.2, 0) is 9.53 Å². The van der Waals surface area contributed by atoms with Crippen LogP contribution >= 0.6 is 0 Å². The molecule has 6 heteroatoms. The van der Waals surface area contributed by atoms with Gasteiger partial charge in [-0.2, -0.15) is 0 Å². The number of carbonyl (C=O) groups excluding carboxylic acids is 1. The molecule has 0 spiro atoms. The number of rotatable bonds is 5. The van der Waals surface area contributed by atoms with Crippen molar-refractivity contribution in [3.8, 4) is 0 Å². The summed E-state index contributed by atoms with van der Waals surface area (Å²) in [7, 11) is 0. The van der Waals surface area contributed by atoms with E-state index in [-0.39, 0.29) is 11.6 Å². The molecule has 1 aliphatic heterocycles. The Morgan fingerprint density at radius 1 is 1.15 bits per heavy atom. The lowest BCUT2D eigenvalue weighted by atomic mass is 9.87. The number of carbonyl (C=O) groups is 1. The van der Waals surface area contributed by atoms with Crippen LogP contribution in [0.2, 0.25) is 0 Å². The maximum atomic E-state index is 12.4. The second-order valence-electron chi connectivity index (χ2n) is 6.32. The van der Waals surface area contributed by atoms with E-state index in [1.807, 2.05) is 49.4 Å². The smallest absolute Gasteiger partial charge is 0.341 e. The molecule has 6 nitrogen and oxygen atoms in total. The lowest BCUT2D eigenvalue weighted by Gasteiger charge is -2.21. The monoisotopic (exact) mass is 350 g/mol. The van der Waals surface area contributed by atoms with Crippen molar-refractivity contribution in [1.29, 1.82) is 0 Å². The quantitative estimate of drug-likeness (QED) is 0.463. The summed E-state index contributed by atoms with van der Waals surface area (Å²) >= 11 is 0. The van der Waals surface area contributed by atoms with Crippen LogP contribution in [0.3, 0.4) is 0 Å². The lowest BCUT2D eigenvalue weighted by molar-refractivity contribution is -0.384. The largest absolute Gasteiger partial charge is 0.405 e. The van der Waals surface area contributed by atoms with E-state index in [0.29, 0.717) is 5.90 Å². The van der Waals surface area contributed by atoms with Crippen molar-refractivity contribution in [2.24, 2.45) is 10.9 Å². The molecular weight excluding hydrogens is 332 g/mol. The van der Waals surface area contributed by atoms with Gasteiger partial charge in [0.2, 0.25) is 5.90 Å². The van der Waals surface area contributed by atoms with Crippen molar-refractivity contribution >= 4 is 23.6 Å². The number of benzene rings is 2. The second kappa shape index (κ2) is 6.92. The van der Waals surface area contributed by atoms with Crippen molar-refractivity contribution in [3.63, 3.8) is 0 Å². The number of hydrogen-bond acceptors (Lipinski definition) is 5. The van der Waals surface area contributed by atoms with E-state index in [1.54, 1.807) is 19.1 Å². The third-order valence-electron chi connectivity index (χ3n) is 4.53. The number of hydrogen-bond donors (Lipinski definition) is 0. The molecule has 3 rings (SSSR count). The van der Waals surface area contributed by atoms with Crippen LogP contribution < -0.4 is 0 Å². The molecular formula is C20H18N2O4. The SMILES string of the molecule is CC(/C=C/c1ccc([N+](=O)[O-])cc1)[C@@]1(C)N=C(c2ccccc2)OC1=O. The number of cyclic esters (lactones) is 1. The predicted molar refractivity (Wildman–Crippen MR) is 98.8 cm³/mol. The molecule has 26 heavy (non-hydrogen) atoms. The number of non-ortho nitro benzene ring substituents is 1. The molecule has 0 N–H and O–H groups in total. The van der Waals surface area contributed by atoms with Crippen LogP contribution in [0.1, 0.15) is 25.0 Å². The van der Waals surface area contributed by atoms with Gasteiger partial charge in [-0.1, -0.05) is 37.3 Å². The van der Waals surface area contributed by atoms with Crippen LogP contribution in [0, 0.1) is 16.0 Å². The first-order valence-corrected chi connectivity index (χ1v) is 8.20. The molecule has 0 aliphatic carbocycles. The highest BCUT2D eigenvalue weighted by Crippen LogP contribution is 2.31. The van der Waals surface area contributed by atoms with Gasteiger partial charge >= 0.3 is 5.97 Å². The summed E-state index contributed by atoms with van der Waals surface area (Å²) in [6.07, 6.45) is 3.68. The molecule has 0 amide bonds. The fourth-order valence-electron chi connectivity index (χ4n) is 2.61. The van der Waals surface area contributed by atoms with Crippen LogP contribution in [0.4, 0.5) is 5.69 Å². The zero-order chi connectivity index (χ0) is 18.7. The van der Waals surface area contributed by atoms with E-state index in [9.17, 15) is 14.9 Å². The van der Waals surface area contributed by atoms with Gasteiger partial charge in [-0.25, -0.2) is 9.79 Å². The minimum Gasteiger partial charge on any atom is -0.405 e. The van der Waals surface area contributed by atoms with Crippen molar-refractivity contribution in [2.45, 2.75) is 19.4 Å². The summed E-state index contributed by atoms with van der Waals surface area (Å²) in [4.78, 5) is 27.2. The Morgan fingerprint density at radius 2 is 1.81 bits per heavy atom. The van der Waals surface area contributed by atoms with Crippen molar-refractivity contribution < 1.29 is 14.5 Å². The fraction of sp³-hybridized carbons (Fsp3) is 0.200. The van der Waals surface area contributed by atoms with Gasteiger partial charge in [0.05, 0.1) is 4.92 Å². The number of nitrogens with zero attached hydrogens (tertiary/aromatic N) is 2. The first-order chi connectivity index (χ1) is 12.4. The third-order valence-corrected chi connectivity index (χ3v) is 4.53. The number of nitro benzene ring substituents is 1. The van der Waals surface area contributed by atoms with Gasteiger partial charge in [0.25, 0.3) is 5.69 Å². The first kappa shape index (κ1) is 17.5. The number of ether oxygens (including phenoxy) is 1. The molecule has 1 unspecified atom stereocenters. The van der Waals surface area contributed by atoms with Crippen LogP contribution in [0.15, 0.2) is 65.7 Å². The number of esters is 1. The first-order valence-electron chi connectivity index (χ1n) is 8.20. The molecule has 0 saturated heterocycles. The Hall–Kier alpha value is -3.28. The Labute approximate surface area is 151 Å². The highest BCUT2D eigenvalue weighted by atomic mass is 16.6. The summed E-state index contributed by atoms with van der Waals surface area (Å²) < 4.78 is 5.38. The number of aliphatic imine (C=N–C) groups is 1. The molecule has 1 aliphatic rings. The standard InChI is InChI=1S/C20H18N2O4/c1-14(8-9-15-10-12-17(13-11-15)22(24)25)20(2)19(23)26-18(21-20)16-6-4-3-5-7-16/h3-14H,1-2H3/b9-8+/t14?,20-/m1/s1. The summed E-state index contributed by atoms with van der Waals surface area (Å²) in [5.41, 5.74) is 0.599. The molecule has 0 bridgehead atoms. The van der Waals surface area contributed by atoms with Gasteiger partial charge in [-0.15, -0.1) is 0 Å². The molecule has 2 aromatic carbocycles. The average Bonchev–Trinajstić information content (AvgIpc) is 2.97. The Balaban J connectivity index is 1.79. The Morgan fingerprint density at radius 3 is 2.42 bits per heavy atom. The van der Waals surface area contributed by atoms with E-state index in [0.717, 1.165) is 11.1 Å². The van der Waals surface area contributed by atoms with Crippen LogP contribution in [-0.4, -0.2) is 22.3 Å². The molecule has 132 valence electrons. The summed E-state index contributed by atoms with van der Waals surface area (Å²) in [5.74, 6) is -0.280. The van der Waals surface area contributed by atoms with Crippen molar-refractivity contribution in [2.75, 3.05) is 0 Å². The van der Waals surface area contributed by atoms with E-state index < -0.39 is 16.4 Å². The van der Waals surface area contributed by atoms with E-state index in [4.69, 9.17) is 4.74 Å². The van der Waals surface area contributed by atoms with Gasteiger partial charge in [0, 0.05) is 23.6 Å². The minimum atomic E-state index is -1.01. The van der Waals surface area contributed by atoms with E-state index in [2.05, 4.69) is 4.99 Å². The van der Waals surface area contributed by atoms with Gasteiger partial charge in [-0.05, 0) is 36.8 Å². The van der Waals surface area contributed by atoms with Crippen molar-refractivity contribution in [1.82, 2.24) is 0 Å². The molecule has 0 saturated carbocycles. The number of nitro groups is 1. The molecule has 0 aromatic heterocycles. The highest BCUT2D eigenvalue weighted by Gasteiger charge is 2.45. The molecule has 0 fully saturated rings. The van der Waals surface area contributed by atoms with Crippen LogP contribution in [0.5, 0.6) is 0 Å². The lowest BCUT2D eigenvalue weighted by Crippen LogP contribution is -2.36. The van der Waals surface area contributed by atoms with Crippen molar-refractivity contribution in [3.05, 3.63) is 81.9 Å². The van der Waals surface area contributed by atoms with Gasteiger partial charge in [0.1, 0.15) is 0 Å². The zero-order valence-electron chi connectivity index (χ0n) is 14.5.